The molecule has 0 spiro atoms. The number of hydrogen-bond donors (Lipinski definition) is 0. The summed E-state index contributed by atoms with van der Waals surface area (Å²) in [7, 11) is 3.77. The monoisotopic (exact) mass is 510 g/mol. The van der Waals surface area contributed by atoms with Crippen LogP contribution in [-0.4, -0.2) is 0 Å². The maximum Gasteiger partial charge on any atom is 0.238 e. The highest BCUT2D eigenvalue weighted by Gasteiger charge is 2.28. The number of aryl methyl sites for hydroxylation is 9. The van der Waals surface area contributed by atoms with Crippen molar-refractivity contribution in [1.82, 2.24) is 0 Å². The Morgan fingerprint density at radius 3 is 0.939 bits per heavy atom. The molecule has 6 heteroatoms. The van der Waals surface area contributed by atoms with Gasteiger partial charge in [-0.25, -0.2) is 0 Å². The van der Waals surface area contributed by atoms with Gasteiger partial charge in [0.05, 0.1) is 4.90 Å². The fourth-order valence-corrected chi connectivity index (χ4v) is 8.07. The Labute approximate surface area is 207 Å². The van der Waals surface area contributed by atoms with Crippen molar-refractivity contribution in [3.63, 3.8) is 0 Å². The molecule has 0 saturated heterocycles. The smallest absolute Gasteiger partial charge is 0.120 e. The van der Waals surface area contributed by atoms with Crippen LogP contribution in [0, 0.1) is 62.3 Å². The van der Waals surface area contributed by atoms with E-state index in [1.165, 1.54) is 57.0 Å². The van der Waals surface area contributed by atoms with Crippen LogP contribution in [0.25, 0.3) is 0 Å². The van der Waals surface area contributed by atoms with E-state index in [4.69, 9.17) is 0 Å². The fourth-order valence-electron chi connectivity index (χ4n) is 4.21. The molecular weight excluding hydrogens is 477 g/mol. The van der Waals surface area contributed by atoms with Gasteiger partial charge < -0.3 is 0 Å². The van der Waals surface area contributed by atoms with Crippen molar-refractivity contribution >= 4 is 32.8 Å². The summed E-state index contributed by atoms with van der Waals surface area (Å²) >= 11 is -5.08. The molecule has 0 unspecified atom stereocenters. The van der Waals surface area contributed by atoms with Crippen molar-refractivity contribution in [3.05, 3.63) is 86.5 Å². The zero-order valence-corrected chi connectivity index (χ0v) is 23.3. The van der Waals surface area contributed by atoms with Crippen molar-refractivity contribution in [3.8, 4) is 0 Å². The van der Waals surface area contributed by atoms with Crippen molar-refractivity contribution in [1.29, 1.82) is 0 Å². The average molecular weight is 511 g/mol. The summed E-state index contributed by atoms with van der Waals surface area (Å²) in [5.41, 5.74) is 9.74. The molecule has 33 heavy (non-hydrogen) atoms. The van der Waals surface area contributed by atoms with E-state index in [2.05, 4.69) is 65.8 Å². The lowest BCUT2D eigenvalue weighted by atomic mass is 10.1. The van der Waals surface area contributed by atoms with Gasteiger partial charge in [0.1, 0.15) is 0 Å². The average Bonchev–Trinajstić information content (AvgIpc) is 2.60. The summed E-state index contributed by atoms with van der Waals surface area (Å²) in [5.74, 6) is 0. The molecule has 3 rings (SSSR count). The SMILES string of the molecule is Cc1cc(C)c(S(F)(F)F)c(C)c1.Cc1cc(C)c(SSc2c(C)cc(C)cc2C)c(C)c1. The van der Waals surface area contributed by atoms with Crippen LogP contribution in [0.3, 0.4) is 0 Å². The van der Waals surface area contributed by atoms with Gasteiger partial charge in [0.25, 0.3) is 0 Å². The quantitative estimate of drug-likeness (QED) is 0.320. The summed E-state index contributed by atoms with van der Waals surface area (Å²) < 4.78 is 37.6. The van der Waals surface area contributed by atoms with E-state index in [-0.39, 0.29) is 0 Å². The van der Waals surface area contributed by atoms with Crippen LogP contribution in [0.15, 0.2) is 51.1 Å². The molecule has 3 aromatic rings. The second kappa shape index (κ2) is 11.3. The molecule has 0 N–H and O–H groups in total. The van der Waals surface area contributed by atoms with E-state index in [1.54, 1.807) is 19.1 Å². The first kappa shape index (κ1) is 27.7. The first-order valence-electron chi connectivity index (χ1n) is 10.7. The number of rotatable bonds is 4. The summed E-state index contributed by atoms with van der Waals surface area (Å²) in [4.78, 5) is 2.39. The van der Waals surface area contributed by atoms with Crippen LogP contribution in [0.4, 0.5) is 11.7 Å². The zero-order chi connectivity index (χ0) is 25.1. The molecule has 0 aromatic heterocycles. The van der Waals surface area contributed by atoms with Gasteiger partial charge in [-0.05, 0) is 95.7 Å². The van der Waals surface area contributed by atoms with Gasteiger partial charge in [-0.3, -0.25) is 0 Å². The molecule has 3 aromatic carbocycles. The van der Waals surface area contributed by atoms with Crippen molar-refractivity contribution in [2.24, 2.45) is 0 Å². The Morgan fingerprint density at radius 1 is 0.455 bits per heavy atom. The van der Waals surface area contributed by atoms with Gasteiger partial charge >= 0.3 is 0 Å². The summed E-state index contributed by atoms with van der Waals surface area (Å²) in [6.45, 7) is 18.0. The van der Waals surface area contributed by atoms with Gasteiger partial charge in [-0.2, -0.15) is 0 Å². The minimum absolute atomic E-state index is 0.333. The maximum absolute atomic E-state index is 12.5. The van der Waals surface area contributed by atoms with Crippen molar-refractivity contribution in [2.75, 3.05) is 0 Å². The second-order valence-corrected chi connectivity index (χ2v) is 12.1. The Balaban J connectivity index is 0.000000257. The molecular formula is C27H33F3S3. The van der Waals surface area contributed by atoms with E-state index < -0.39 is 16.1 Å². The molecule has 0 aliphatic rings. The first-order chi connectivity index (χ1) is 15.2. The number of benzene rings is 3. The van der Waals surface area contributed by atoms with Gasteiger partial charge in [0.2, 0.25) is 11.2 Å². The largest absolute Gasteiger partial charge is 0.238 e. The van der Waals surface area contributed by atoms with E-state index >= 15 is 0 Å². The molecule has 0 bridgehead atoms. The van der Waals surface area contributed by atoms with E-state index in [0.29, 0.717) is 11.1 Å². The molecule has 0 nitrogen and oxygen atoms in total. The van der Waals surface area contributed by atoms with Gasteiger partial charge in [-0.15, -0.1) is 11.7 Å². The standard InChI is InChI=1S/C18H22S2.C9H11F3S/c1-11-7-13(3)17(14(4)8-11)19-20-18-15(5)9-12(2)10-16(18)6;1-6-4-7(2)9(8(3)5-6)13(10,11)12/h7-10H,1-6H3;4-5H,1-3H3. The molecule has 0 fully saturated rings. The Bertz CT molecular complexity index is 1020. The van der Waals surface area contributed by atoms with Crippen LogP contribution in [-0.2, 0) is 0 Å². The normalized spacial score (nSPS) is 11.8. The molecule has 0 amide bonds. The molecule has 180 valence electrons. The lowest BCUT2D eigenvalue weighted by molar-refractivity contribution is 0.630. The predicted molar refractivity (Wildman–Crippen MR) is 143 cm³/mol. The van der Waals surface area contributed by atoms with Gasteiger partial charge in [0.15, 0.2) is 0 Å². The zero-order valence-electron chi connectivity index (χ0n) is 20.8. The topological polar surface area (TPSA) is 0 Å². The molecule has 0 atom stereocenters. The minimum atomic E-state index is -5.08. The lowest BCUT2D eigenvalue weighted by Crippen LogP contribution is -1.92. The Hall–Kier alpha value is -1.50. The molecule has 0 aliphatic heterocycles. The van der Waals surface area contributed by atoms with Crippen LogP contribution in [0.5, 0.6) is 0 Å². The fraction of sp³-hybridized carbons (Fsp3) is 0.333. The summed E-state index contributed by atoms with van der Waals surface area (Å²) in [6.07, 6.45) is 0. The third-order valence-corrected chi connectivity index (χ3v) is 9.32. The Morgan fingerprint density at radius 2 is 0.697 bits per heavy atom. The van der Waals surface area contributed by atoms with Crippen molar-refractivity contribution in [2.45, 2.75) is 77.0 Å². The molecule has 0 radical (unpaired) electrons. The highest BCUT2D eigenvalue weighted by atomic mass is 33.1. The van der Waals surface area contributed by atoms with Crippen LogP contribution >= 0.6 is 32.8 Å². The van der Waals surface area contributed by atoms with E-state index in [0.717, 1.165) is 5.56 Å². The molecule has 0 aliphatic carbocycles. The molecule has 0 heterocycles. The maximum atomic E-state index is 12.5. The first-order valence-corrected chi connectivity index (χ1v) is 14.2. The summed E-state index contributed by atoms with van der Waals surface area (Å²) in [5, 5.41) is 0. The van der Waals surface area contributed by atoms with E-state index in [9.17, 15) is 11.7 Å². The number of halogens is 3. The van der Waals surface area contributed by atoms with Gasteiger partial charge in [0, 0.05) is 9.79 Å². The van der Waals surface area contributed by atoms with E-state index in [1.807, 2.05) is 21.6 Å². The lowest BCUT2D eigenvalue weighted by Gasteiger charge is -2.16. The molecule has 0 saturated carbocycles. The van der Waals surface area contributed by atoms with Crippen molar-refractivity contribution < 1.29 is 11.7 Å². The number of hydrogen-bond acceptors (Lipinski definition) is 2. The minimum Gasteiger partial charge on any atom is -0.120 e. The highest BCUT2D eigenvalue weighted by Crippen LogP contribution is 2.62. The Kier molecular flexibility index (Phi) is 9.49. The predicted octanol–water partition coefficient (Wildman–Crippen LogP) is 10.8. The third kappa shape index (κ3) is 7.49. The van der Waals surface area contributed by atoms with Crippen LogP contribution < -0.4 is 0 Å². The van der Waals surface area contributed by atoms with Crippen LogP contribution in [0.1, 0.15) is 50.1 Å². The second-order valence-electron chi connectivity index (χ2n) is 8.76. The summed E-state index contributed by atoms with van der Waals surface area (Å²) in [6, 6.07) is 12.2. The highest BCUT2D eigenvalue weighted by molar-refractivity contribution is 8.76. The van der Waals surface area contributed by atoms with Gasteiger partial charge in [-0.1, -0.05) is 74.7 Å². The van der Waals surface area contributed by atoms with Crippen LogP contribution in [0.2, 0.25) is 0 Å². The third-order valence-electron chi connectivity index (χ3n) is 5.25.